The van der Waals surface area contributed by atoms with Crippen molar-refractivity contribution in [2.24, 2.45) is 5.73 Å². The summed E-state index contributed by atoms with van der Waals surface area (Å²) in [5, 5.41) is 2.50. The van der Waals surface area contributed by atoms with Crippen molar-refractivity contribution >= 4 is 24.2 Å². The molecule has 0 aromatic heterocycles. The van der Waals surface area contributed by atoms with Gasteiger partial charge in [0, 0.05) is 5.70 Å². The number of thioether (sulfide) groups is 1. The van der Waals surface area contributed by atoms with Gasteiger partial charge in [0.15, 0.2) is 0 Å². The van der Waals surface area contributed by atoms with Crippen LogP contribution in [-0.2, 0) is 0 Å². The summed E-state index contributed by atoms with van der Waals surface area (Å²) in [6, 6.07) is 0. The second-order valence-corrected chi connectivity index (χ2v) is 3.57. The molecule has 64 valence electrons. The molecule has 0 amide bonds. The minimum Gasteiger partial charge on any atom is -0.398 e. The zero-order chi connectivity index (χ0) is 7.68. The number of allylic oxidation sites excluding steroid dienone is 4. The first-order chi connectivity index (χ1) is 5.38. The van der Waals surface area contributed by atoms with E-state index in [1.165, 1.54) is 5.57 Å². The lowest BCUT2D eigenvalue weighted by Gasteiger charge is -2.19. The maximum absolute atomic E-state index is 5.78. The zero-order valence-corrected chi connectivity index (χ0v) is 8.07. The zero-order valence-electron chi connectivity index (χ0n) is 6.44. The molecule has 0 saturated carbocycles. The number of nitrogens with two attached hydrogens (primary N) is 1. The molecule has 1 nitrogen and oxygen atoms in total. The number of fused-ring (bicyclic) bond motifs is 1. The first-order valence-corrected chi connectivity index (χ1v) is 4.49. The van der Waals surface area contributed by atoms with Crippen molar-refractivity contribution in [3.05, 3.63) is 47.1 Å². The minimum absolute atomic E-state index is 0. The Morgan fingerprint density at radius 1 is 1.25 bits per heavy atom. The lowest BCUT2D eigenvalue weighted by molar-refractivity contribution is 1.20. The number of hydrogen-bond donors (Lipinski definition) is 1. The largest absolute Gasteiger partial charge is 0.398 e. The van der Waals surface area contributed by atoms with Crippen molar-refractivity contribution in [2.75, 3.05) is 0 Å². The Bertz CT molecular complexity index is 289. The molecule has 0 aromatic rings. The maximum Gasteiger partial charge on any atom is 0.0541 e. The number of hydrogen-bond acceptors (Lipinski definition) is 2. The fourth-order valence-corrected chi connectivity index (χ4v) is 2.13. The SMILES string of the molecule is Cl.NC1=C2C=CC=CC2SC=C1. The summed E-state index contributed by atoms with van der Waals surface area (Å²) in [6.07, 6.45) is 10.3. The molecule has 2 aliphatic rings. The van der Waals surface area contributed by atoms with E-state index < -0.39 is 0 Å². The Labute approximate surface area is 82.5 Å². The van der Waals surface area contributed by atoms with Crippen molar-refractivity contribution < 1.29 is 0 Å². The molecule has 0 fully saturated rings. The second-order valence-electron chi connectivity index (χ2n) is 2.51. The highest BCUT2D eigenvalue weighted by atomic mass is 35.5. The van der Waals surface area contributed by atoms with Crippen LogP contribution in [0.25, 0.3) is 0 Å². The average molecular weight is 200 g/mol. The van der Waals surface area contributed by atoms with Gasteiger partial charge >= 0.3 is 0 Å². The molecule has 0 bridgehead atoms. The molecule has 1 unspecified atom stereocenters. The molecule has 2 rings (SSSR count). The van der Waals surface area contributed by atoms with Crippen molar-refractivity contribution in [1.29, 1.82) is 0 Å². The van der Waals surface area contributed by atoms with Crippen molar-refractivity contribution in [1.82, 2.24) is 0 Å². The molecular formula is C9H10ClNS. The molecule has 0 aromatic carbocycles. The first-order valence-electron chi connectivity index (χ1n) is 3.54. The van der Waals surface area contributed by atoms with Crippen LogP contribution < -0.4 is 5.73 Å². The summed E-state index contributed by atoms with van der Waals surface area (Å²) in [5.74, 6) is 0. The third kappa shape index (κ3) is 1.59. The van der Waals surface area contributed by atoms with E-state index in [9.17, 15) is 0 Å². The van der Waals surface area contributed by atoms with E-state index in [4.69, 9.17) is 5.73 Å². The smallest absolute Gasteiger partial charge is 0.0541 e. The first kappa shape index (κ1) is 9.49. The molecule has 1 aliphatic carbocycles. The summed E-state index contributed by atoms with van der Waals surface area (Å²) in [6.45, 7) is 0. The van der Waals surface area contributed by atoms with E-state index in [1.807, 2.05) is 17.6 Å². The Kier molecular flexibility index (Phi) is 3.06. The second kappa shape index (κ2) is 3.87. The van der Waals surface area contributed by atoms with Gasteiger partial charge in [0.1, 0.15) is 0 Å². The predicted octanol–water partition coefficient (Wildman–Crippen LogP) is 2.38. The van der Waals surface area contributed by atoms with Gasteiger partial charge in [0.25, 0.3) is 0 Å². The van der Waals surface area contributed by atoms with Crippen molar-refractivity contribution in [3.63, 3.8) is 0 Å². The number of rotatable bonds is 0. The summed E-state index contributed by atoms with van der Waals surface area (Å²) in [7, 11) is 0. The van der Waals surface area contributed by atoms with E-state index in [2.05, 4.69) is 18.2 Å². The monoisotopic (exact) mass is 199 g/mol. The molecule has 0 spiro atoms. The Hall–Kier alpha value is -0.600. The topological polar surface area (TPSA) is 26.0 Å². The molecule has 1 aliphatic heterocycles. The van der Waals surface area contributed by atoms with Gasteiger partial charge in [-0.1, -0.05) is 24.3 Å². The van der Waals surface area contributed by atoms with Crippen molar-refractivity contribution in [3.8, 4) is 0 Å². The van der Waals surface area contributed by atoms with Gasteiger partial charge in [-0.15, -0.1) is 24.2 Å². The van der Waals surface area contributed by atoms with Crippen LogP contribution in [0.2, 0.25) is 0 Å². The van der Waals surface area contributed by atoms with E-state index in [-0.39, 0.29) is 12.4 Å². The van der Waals surface area contributed by atoms with Gasteiger partial charge in [-0.05, 0) is 17.1 Å². The Morgan fingerprint density at radius 2 is 2.08 bits per heavy atom. The standard InChI is InChI=1S/C9H9NS.ClH/c10-8-5-6-11-9-4-2-1-3-7(8)9;/h1-6,9H,10H2;1H. The van der Waals surface area contributed by atoms with Gasteiger partial charge in [0.2, 0.25) is 0 Å². The average Bonchev–Trinajstić information content (AvgIpc) is 2.06. The third-order valence-corrected chi connectivity index (χ3v) is 2.78. The normalized spacial score (nSPS) is 25.2. The van der Waals surface area contributed by atoms with Crippen LogP contribution in [0.4, 0.5) is 0 Å². The van der Waals surface area contributed by atoms with Gasteiger partial charge in [-0.2, -0.15) is 0 Å². The Morgan fingerprint density at radius 3 is 2.83 bits per heavy atom. The van der Waals surface area contributed by atoms with E-state index in [1.54, 1.807) is 11.8 Å². The fourth-order valence-electron chi connectivity index (χ4n) is 1.20. The summed E-state index contributed by atoms with van der Waals surface area (Å²) in [5.41, 5.74) is 7.92. The van der Waals surface area contributed by atoms with Gasteiger partial charge in [-0.25, -0.2) is 0 Å². The quantitative estimate of drug-likeness (QED) is 0.649. The minimum atomic E-state index is 0. The Balaban J connectivity index is 0.000000720. The van der Waals surface area contributed by atoms with Crippen LogP contribution in [0.15, 0.2) is 47.1 Å². The third-order valence-electron chi connectivity index (χ3n) is 1.79. The molecule has 3 heteroatoms. The van der Waals surface area contributed by atoms with Crippen LogP contribution in [-0.4, -0.2) is 5.25 Å². The molecule has 0 radical (unpaired) electrons. The van der Waals surface area contributed by atoms with Crippen LogP contribution in [0.3, 0.4) is 0 Å². The van der Waals surface area contributed by atoms with Gasteiger partial charge in [-0.3, -0.25) is 0 Å². The summed E-state index contributed by atoms with van der Waals surface area (Å²) < 4.78 is 0. The van der Waals surface area contributed by atoms with E-state index in [0.717, 1.165) is 5.70 Å². The molecule has 12 heavy (non-hydrogen) atoms. The molecule has 2 N–H and O–H groups in total. The van der Waals surface area contributed by atoms with Crippen LogP contribution >= 0.6 is 24.2 Å². The summed E-state index contributed by atoms with van der Waals surface area (Å²) >= 11 is 1.79. The molecule has 1 atom stereocenters. The highest BCUT2D eigenvalue weighted by Crippen LogP contribution is 2.30. The van der Waals surface area contributed by atoms with Crippen LogP contribution in [0, 0.1) is 0 Å². The van der Waals surface area contributed by atoms with Gasteiger partial charge < -0.3 is 5.73 Å². The molecular weight excluding hydrogens is 190 g/mol. The maximum atomic E-state index is 5.78. The number of halogens is 1. The highest BCUT2D eigenvalue weighted by molar-refractivity contribution is 8.03. The predicted molar refractivity (Wildman–Crippen MR) is 57.3 cm³/mol. The van der Waals surface area contributed by atoms with Crippen LogP contribution in [0.5, 0.6) is 0 Å². The van der Waals surface area contributed by atoms with Crippen molar-refractivity contribution in [2.45, 2.75) is 5.25 Å². The van der Waals surface area contributed by atoms with E-state index in [0.29, 0.717) is 5.25 Å². The highest BCUT2D eigenvalue weighted by Gasteiger charge is 2.15. The lowest BCUT2D eigenvalue weighted by Crippen LogP contribution is -2.12. The van der Waals surface area contributed by atoms with Crippen LogP contribution in [0.1, 0.15) is 0 Å². The lowest BCUT2D eigenvalue weighted by atomic mass is 10.0. The molecule has 1 heterocycles. The fraction of sp³-hybridized carbons (Fsp3) is 0.111. The van der Waals surface area contributed by atoms with Gasteiger partial charge in [0.05, 0.1) is 5.25 Å². The summed E-state index contributed by atoms with van der Waals surface area (Å²) in [4.78, 5) is 0. The molecule has 0 saturated heterocycles. The van der Waals surface area contributed by atoms with E-state index >= 15 is 0 Å².